The van der Waals surface area contributed by atoms with Crippen LogP contribution in [0, 0.1) is 6.92 Å². The van der Waals surface area contributed by atoms with Crippen LogP contribution >= 0.6 is 22.9 Å². The zero-order chi connectivity index (χ0) is 13.4. The lowest BCUT2D eigenvalue weighted by Gasteiger charge is -2.15. The van der Waals surface area contributed by atoms with Crippen LogP contribution in [-0.4, -0.2) is 9.55 Å². The zero-order valence-corrected chi connectivity index (χ0v) is 12.5. The van der Waals surface area contributed by atoms with Crippen molar-refractivity contribution in [2.24, 2.45) is 0 Å². The van der Waals surface area contributed by atoms with Gasteiger partial charge in [0.2, 0.25) is 0 Å². The van der Waals surface area contributed by atoms with Crippen molar-refractivity contribution in [3.05, 3.63) is 52.0 Å². The number of halogens is 1. The molecule has 19 heavy (non-hydrogen) atoms. The first-order valence-corrected chi connectivity index (χ1v) is 7.69. The second-order valence-electron chi connectivity index (χ2n) is 4.67. The summed E-state index contributed by atoms with van der Waals surface area (Å²) in [6, 6.07) is 10.8. The standard InChI is InChI=1S/C15H15ClN2S/c1-10-5-3-6-12-15(10)17-14(9-16)18(12)11(2)13-7-4-8-19-13/h3-8,11H,9H2,1-2H3. The van der Waals surface area contributed by atoms with Crippen molar-refractivity contribution < 1.29 is 0 Å². The highest BCUT2D eigenvalue weighted by molar-refractivity contribution is 7.10. The van der Waals surface area contributed by atoms with E-state index >= 15 is 0 Å². The van der Waals surface area contributed by atoms with Gasteiger partial charge in [0.15, 0.2) is 0 Å². The summed E-state index contributed by atoms with van der Waals surface area (Å²) < 4.78 is 2.25. The average Bonchev–Trinajstić information content (AvgIpc) is 3.05. The Morgan fingerprint density at radius 2 is 2.16 bits per heavy atom. The van der Waals surface area contributed by atoms with E-state index < -0.39 is 0 Å². The Balaban J connectivity index is 2.24. The SMILES string of the molecule is Cc1cccc2c1nc(CCl)n2C(C)c1cccs1. The van der Waals surface area contributed by atoms with Crippen molar-refractivity contribution in [3.63, 3.8) is 0 Å². The Morgan fingerprint density at radius 3 is 2.84 bits per heavy atom. The van der Waals surface area contributed by atoms with Gasteiger partial charge in [0, 0.05) is 4.88 Å². The summed E-state index contributed by atoms with van der Waals surface area (Å²) in [5, 5.41) is 2.11. The van der Waals surface area contributed by atoms with E-state index in [-0.39, 0.29) is 6.04 Å². The van der Waals surface area contributed by atoms with Crippen molar-refractivity contribution in [2.75, 3.05) is 0 Å². The van der Waals surface area contributed by atoms with Crippen LogP contribution in [-0.2, 0) is 5.88 Å². The lowest BCUT2D eigenvalue weighted by atomic mass is 10.2. The minimum atomic E-state index is 0.264. The number of rotatable bonds is 3. The number of benzene rings is 1. The normalized spacial score (nSPS) is 13.0. The summed E-state index contributed by atoms with van der Waals surface area (Å²) in [5.74, 6) is 1.37. The summed E-state index contributed by atoms with van der Waals surface area (Å²) in [4.78, 5) is 6.02. The molecule has 1 aromatic carbocycles. The van der Waals surface area contributed by atoms with Crippen molar-refractivity contribution in [3.8, 4) is 0 Å². The van der Waals surface area contributed by atoms with Crippen LogP contribution in [0.4, 0.5) is 0 Å². The molecule has 1 atom stereocenters. The minimum Gasteiger partial charge on any atom is -0.319 e. The zero-order valence-electron chi connectivity index (χ0n) is 10.9. The van der Waals surface area contributed by atoms with Crippen LogP contribution in [0.1, 0.15) is 29.2 Å². The predicted molar refractivity (Wildman–Crippen MR) is 82.2 cm³/mol. The molecule has 0 amide bonds. The third-order valence-electron chi connectivity index (χ3n) is 3.46. The van der Waals surface area contributed by atoms with Gasteiger partial charge in [-0.3, -0.25) is 0 Å². The van der Waals surface area contributed by atoms with E-state index in [0.717, 1.165) is 16.9 Å². The Morgan fingerprint density at radius 1 is 1.32 bits per heavy atom. The molecule has 3 rings (SSSR count). The van der Waals surface area contributed by atoms with Crippen LogP contribution in [0.25, 0.3) is 11.0 Å². The van der Waals surface area contributed by atoms with Gasteiger partial charge in [-0.1, -0.05) is 18.2 Å². The maximum atomic E-state index is 6.08. The van der Waals surface area contributed by atoms with Gasteiger partial charge in [-0.25, -0.2) is 4.98 Å². The van der Waals surface area contributed by atoms with Gasteiger partial charge in [0.05, 0.1) is 23.0 Å². The molecule has 0 radical (unpaired) electrons. The van der Waals surface area contributed by atoms with Crippen LogP contribution in [0.15, 0.2) is 35.7 Å². The van der Waals surface area contributed by atoms with Gasteiger partial charge in [0.1, 0.15) is 5.82 Å². The second kappa shape index (κ2) is 4.99. The van der Waals surface area contributed by atoms with E-state index in [4.69, 9.17) is 16.6 Å². The fraction of sp³-hybridized carbons (Fsp3) is 0.267. The number of imidazole rings is 1. The highest BCUT2D eigenvalue weighted by Crippen LogP contribution is 2.30. The number of thiophene rings is 1. The Bertz CT molecular complexity index is 700. The summed E-state index contributed by atoms with van der Waals surface area (Å²) in [7, 11) is 0. The van der Waals surface area contributed by atoms with Gasteiger partial charge in [-0.15, -0.1) is 22.9 Å². The molecule has 3 aromatic rings. The Hall–Kier alpha value is -1.32. The van der Waals surface area contributed by atoms with Gasteiger partial charge in [-0.2, -0.15) is 0 Å². The molecule has 1 unspecified atom stereocenters. The molecule has 0 saturated carbocycles. The number of aryl methyl sites for hydroxylation is 1. The first kappa shape index (κ1) is 12.7. The van der Waals surface area contributed by atoms with E-state index in [1.807, 2.05) is 0 Å². The number of para-hydroxylation sites is 1. The third-order valence-corrected chi connectivity index (χ3v) is 4.74. The van der Waals surface area contributed by atoms with Crippen molar-refractivity contribution >= 4 is 34.0 Å². The third kappa shape index (κ3) is 2.07. The van der Waals surface area contributed by atoms with E-state index in [0.29, 0.717) is 5.88 Å². The fourth-order valence-electron chi connectivity index (χ4n) is 2.49. The molecule has 2 aromatic heterocycles. The van der Waals surface area contributed by atoms with Crippen LogP contribution < -0.4 is 0 Å². The molecule has 98 valence electrons. The largest absolute Gasteiger partial charge is 0.319 e. The molecule has 0 aliphatic carbocycles. The molecule has 0 spiro atoms. The van der Waals surface area contributed by atoms with Crippen LogP contribution in [0.5, 0.6) is 0 Å². The molecule has 2 nitrogen and oxygen atoms in total. The number of hydrogen-bond acceptors (Lipinski definition) is 2. The molecule has 0 aliphatic heterocycles. The monoisotopic (exact) mass is 290 g/mol. The number of fused-ring (bicyclic) bond motifs is 1. The highest BCUT2D eigenvalue weighted by atomic mass is 35.5. The fourth-order valence-corrected chi connectivity index (χ4v) is 3.45. The molecular weight excluding hydrogens is 276 g/mol. The number of hydrogen-bond donors (Lipinski definition) is 0. The van der Waals surface area contributed by atoms with E-state index in [2.05, 4.69) is 54.1 Å². The number of alkyl halides is 1. The molecule has 0 bridgehead atoms. The number of nitrogens with zero attached hydrogens (tertiary/aromatic N) is 2. The molecule has 2 heterocycles. The first-order valence-electron chi connectivity index (χ1n) is 6.28. The van der Waals surface area contributed by atoms with Crippen molar-refractivity contribution in [1.29, 1.82) is 0 Å². The quantitative estimate of drug-likeness (QED) is 0.636. The van der Waals surface area contributed by atoms with Gasteiger partial charge >= 0.3 is 0 Å². The predicted octanol–water partition coefficient (Wildman–Crippen LogP) is 4.75. The topological polar surface area (TPSA) is 17.8 Å². The average molecular weight is 291 g/mol. The van der Waals surface area contributed by atoms with E-state index in [1.54, 1.807) is 11.3 Å². The van der Waals surface area contributed by atoms with Crippen molar-refractivity contribution in [2.45, 2.75) is 25.8 Å². The number of aromatic nitrogens is 2. The highest BCUT2D eigenvalue weighted by Gasteiger charge is 2.17. The maximum absolute atomic E-state index is 6.08. The molecule has 0 N–H and O–H groups in total. The van der Waals surface area contributed by atoms with Crippen molar-refractivity contribution in [1.82, 2.24) is 9.55 Å². The molecule has 4 heteroatoms. The second-order valence-corrected chi connectivity index (χ2v) is 5.91. The Labute approximate surface area is 121 Å². The van der Waals surface area contributed by atoms with Gasteiger partial charge < -0.3 is 4.57 Å². The summed E-state index contributed by atoms with van der Waals surface area (Å²) >= 11 is 7.85. The van der Waals surface area contributed by atoms with Crippen LogP contribution in [0.3, 0.4) is 0 Å². The van der Waals surface area contributed by atoms with E-state index in [1.165, 1.54) is 10.4 Å². The summed E-state index contributed by atoms with van der Waals surface area (Å²) in [5.41, 5.74) is 3.42. The van der Waals surface area contributed by atoms with E-state index in [9.17, 15) is 0 Å². The smallest absolute Gasteiger partial charge is 0.125 e. The minimum absolute atomic E-state index is 0.264. The molecule has 0 aliphatic rings. The molecular formula is C15H15ClN2S. The first-order chi connectivity index (χ1) is 9.22. The van der Waals surface area contributed by atoms with Gasteiger partial charge in [0.25, 0.3) is 0 Å². The Kier molecular flexibility index (Phi) is 3.33. The molecule has 0 fully saturated rings. The lowest BCUT2D eigenvalue weighted by molar-refractivity contribution is 0.644. The molecule has 0 saturated heterocycles. The van der Waals surface area contributed by atoms with Crippen LogP contribution in [0.2, 0.25) is 0 Å². The van der Waals surface area contributed by atoms with Gasteiger partial charge in [-0.05, 0) is 36.9 Å². The maximum Gasteiger partial charge on any atom is 0.125 e. The summed E-state index contributed by atoms with van der Waals surface area (Å²) in [6.45, 7) is 4.29. The summed E-state index contributed by atoms with van der Waals surface area (Å²) in [6.07, 6.45) is 0. The lowest BCUT2D eigenvalue weighted by Crippen LogP contribution is -2.08.